The maximum atomic E-state index is 13.8. The molecule has 2 aliphatic heterocycles. The number of amidine groups is 1. The first-order chi connectivity index (χ1) is 16.2. The van der Waals surface area contributed by atoms with Crippen molar-refractivity contribution in [2.45, 2.75) is 25.8 Å². The number of carbonyl (C=O) groups excluding carboxylic acids is 2. The van der Waals surface area contributed by atoms with E-state index in [-0.39, 0.29) is 33.3 Å². The number of rotatable bonds is 3. The lowest BCUT2D eigenvalue weighted by atomic mass is 9.97. The molecule has 2 aliphatic rings. The maximum absolute atomic E-state index is 13.8. The monoisotopic (exact) mass is 502 g/mol. The molecule has 1 N–H and O–H groups in total. The summed E-state index contributed by atoms with van der Waals surface area (Å²) in [6.07, 6.45) is 2.57. The molecule has 9 heteroatoms. The summed E-state index contributed by atoms with van der Waals surface area (Å²) in [6.45, 7) is 5.24. The molecule has 4 rings (SSSR count). The zero-order valence-electron chi connectivity index (χ0n) is 18.9. The van der Waals surface area contributed by atoms with Gasteiger partial charge in [-0.15, -0.1) is 0 Å². The summed E-state index contributed by atoms with van der Waals surface area (Å²) in [4.78, 5) is 34.2. The van der Waals surface area contributed by atoms with Crippen molar-refractivity contribution in [2.24, 2.45) is 4.99 Å². The molecule has 0 unspecified atom stereocenters. The number of carbonyl (C=O) groups is 2. The van der Waals surface area contributed by atoms with Gasteiger partial charge in [-0.2, -0.15) is 0 Å². The third kappa shape index (κ3) is 4.95. The van der Waals surface area contributed by atoms with Crippen molar-refractivity contribution < 1.29 is 14.0 Å². The molecule has 1 saturated heterocycles. The van der Waals surface area contributed by atoms with Gasteiger partial charge in [-0.05, 0) is 43.5 Å². The first kappa shape index (κ1) is 24.2. The first-order valence-corrected chi connectivity index (χ1v) is 11.7. The summed E-state index contributed by atoms with van der Waals surface area (Å²) in [5.41, 5.74) is 1.73. The lowest BCUT2D eigenvalue weighted by Crippen LogP contribution is -2.63. The number of aliphatic imine (C=N–C) groups is 1. The zero-order valence-corrected chi connectivity index (χ0v) is 20.5. The average molecular weight is 503 g/mol. The Morgan fingerprint density at radius 2 is 1.74 bits per heavy atom. The van der Waals surface area contributed by atoms with Crippen LogP contribution in [0, 0.1) is 5.82 Å². The molecule has 1 fully saturated rings. The number of hydrogen-bond acceptors (Lipinski definition) is 4. The van der Waals surface area contributed by atoms with Crippen LogP contribution >= 0.6 is 23.2 Å². The minimum absolute atomic E-state index is 0.204. The Labute approximate surface area is 208 Å². The van der Waals surface area contributed by atoms with E-state index in [9.17, 15) is 14.0 Å². The number of amides is 2. The van der Waals surface area contributed by atoms with Gasteiger partial charge in [0.05, 0.1) is 15.6 Å². The minimum Gasteiger partial charge on any atom is -0.342 e. The van der Waals surface area contributed by atoms with E-state index in [1.165, 1.54) is 12.1 Å². The summed E-state index contributed by atoms with van der Waals surface area (Å²) in [6, 6.07) is 12.5. The van der Waals surface area contributed by atoms with Crippen LogP contribution in [0.2, 0.25) is 10.0 Å². The quantitative estimate of drug-likeness (QED) is 0.622. The van der Waals surface area contributed by atoms with E-state index in [2.05, 4.69) is 10.3 Å². The van der Waals surface area contributed by atoms with Crippen LogP contribution in [0.5, 0.6) is 0 Å². The third-order valence-corrected chi connectivity index (χ3v) is 6.60. The highest BCUT2D eigenvalue weighted by Gasteiger charge is 2.40. The van der Waals surface area contributed by atoms with Gasteiger partial charge in [-0.1, -0.05) is 53.5 Å². The van der Waals surface area contributed by atoms with E-state index in [1.54, 1.807) is 9.80 Å². The summed E-state index contributed by atoms with van der Waals surface area (Å²) >= 11 is 11.7. The molecule has 0 bridgehead atoms. The third-order valence-electron chi connectivity index (χ3n) is 6.05. The standard InChI is InChI=1S/C25H25Cl2FN4O2/c1-25(2)15-31(23(33)18-12-19(26)21(28)20(27)13-18)10-11-32(25)24(34)22-29-9-8-17(14-30-22)16-6-4-3-5-7-16/h3-7,12-14H,8-11,15H2,1-2H3,(H,29,30). The minimum atomic E-state index is -0.753. The summed E-state index contributed by atoms with van der Waals surface area (Å²) in [7, 11) is 0. The van der Waals surface area contributed by atoms with Crippen molar-refractivity contribution in [3.8, 4) is 0 Å². The normalized spacial score (nSPS) is 17.9. The Kier molecular flexibility index (Phi) is 6.96. The SMILES string of the molecule is CC1(C)CN(C(=O)c2cc(Cl)c(F)c(Cl)c2)CCN1C(=O)C1=NCCC(c2ccccc2)=CN1. The van der Waals surface area contributed by atoms with Gasteiger partial charge in [0.15, 0.2) is 11.7 Å². The molecule has 0 aromatic heterocycles. The van der Waals surface area contributed by atoms with Crippen LogP contribution in [0.4, 0.5) is 4.39 Å². The van der Waals surface area contributed by atoms with Crippen LogP contribution < -0.4 is 5.32 Å². The summed E-state index contributed by atoms with van der Waals surface area (Å²) in [5, 5.41) is 2.69. The molecule has 178 valence electrons. The Bertz CT molecular complexity index is 1160. The predicted molar refractivity (Wildman–Crippen MR) is 133 cm³/mol. The van der Waals surface area contributed by atoms with Crippen molar-refractivity contribution >= 4 is 46.4 Å². The molecule has 0 saturated carbocycles. The molecule has 0 radical (unpaired) electrons. The second-order valence-corrected chi connectivity index (χ2v) is 9.72. The molecule has 2 heterocycles. The lowest BCUT2D eigenvalue weighted by molar-refractivity contribution is -0.132. The number of piperazine rings is 1. The lowest BCUT2D eigenvalue weighted by Gasteiger charge is -2.47. The number of nitrogens with one attached hydrogen (secondary N) is 1. The second kappa shape index (κ2) is 9.76. The van der Waals surface area contributed by atoms with Gasteiger partial charge in [0.2, 0.25) is 0 Å². The van der Waals surface area contributed by atoms with Crippen LogP contribution in [-0.2, 0) is 4.79 Å². The molecular formula is C25H25Cl2FN4O2. The van der Waals surface area contributed by atoms with E-state index >= 15 is 0 Å². The van der Waals surface area contributed by atoms with Gasteiger partial charge in [0.25, 0.3) is 11.8 Å². The molecule has 0 aliphatic carbocycles. The van der Waals surface area contributed by atoms with E-state index in [0.717, 1.165) is 17.6 Å². The zero-order chi connectivity index (χ0) is 24.5. The number of benzene rings is 2. The molecule has 0 atom stereocenters. The highest BCUT2D eigenvalue weighted by Crippen LogP contribution is 2.28. The molecular weight excluding hydrogens is 478 g/mol. The van der Waals surface area contributed by atoms with Crippen molar-refractivity contribution in [3.05, 3.63) is 75.7 Å². The Morgan fingerprint density at radius 1 is 1.06 bits per heavy atom. The summed E-state index contributed by atoms with van der Waals surface area (Å²) < 4.78 is 13.8. The van der Waals surface area contributed by atoms with Crippen molar-refractivity contribution in [3.63, 3.8) is 0 Å². The van der Waals surface area contributed by atoms with Crippen molar-refractivity contribution in [2.75, 3.05) is 26.2 Å². The van der Waals surface area contributed by atoms with Gasteiger partial charge >= 0.3 is 0 Å². The average Bonchev–Trinajstić information content (AvgIpc) is 3.07. The molecule has 34 heavy (non-hydrogen) atoms. The first-order valence-electron chi connectivity index (χ1n) is 11.0. The van der Waals surface area contributed by atoms with Crippen LogP contribution in [0.25, 0.3) is 5.57 Å². The topological polar surface area (TPSA) is 65.0 Å². The number of nitrogens with zero attached hydrogens (tertiary/aromatic N) is 3. The van der Waals surface area contributed by atoms with Crippen LogP contribution in [0.1, 0.15) is 36.2 Å². The van der Waals surface area contributed by atoms with Gasteiger partial charge in [0, 0.05) is 37.9 Å². The Hall–Kier alpha value is -2.90. The maximum Gasteiger partial charge on any atom is 0.289 e. The fraction of sp³-hybridized carbons (Fsp3) is 0.320. The summed E-state index contributed by atoms with van der Waals surface area (Å²) in [5.74, 6) is -0.993. The van der Waals surface area contributed by atoms with Crippen LogP contribution in [0.15, 0.2) is 53.7 Å². The van der Waals surface area contributed by atoms with E-state index in [0.29, 0.717) is 26.2 Å². The van der Waals surface area contributed by atoms with E-state index in [1.807, 2.05) is 50.4 Å². The smallest absolute Gasteiger partial charge is 0.289 e. The Morgan fingerprint density at radius 3 is 2.38 bits per heavy atom. The van der Waals surface area contributed by atoms with Crippen molar-refractivity contribution in [1.29, 1.82) is 0 Å². The fourth-order valence-corrected chi connectivity index (χ4v) is 4.75. The van der Waals surface area contributed by atoms with Gasteiger partial charge in [0.1, 0.15) is 0 Å². The molecule has 6 nitrogen and oxygen atoms in total. The Balaban J connectivity index is 1.46. The number of halogens is 3. The van der Waals surface area contributed by atoms with Gasteiger partial charge in [-0.3, -0.25) is 14.6 Å². The highest BCUT2D eigenvalue weighted by molar-refractivity contribution is 6.38. The fourth-order valence-electron chi connectivity index (χ4n) is 4.26. The molecule has 2 aromatic rings. The van der Waals surface area contributed by atoms with Gasteiger partial charge in [-0.25, -0.2) is 4.39 Å². The number of hydrogen-bond donors (Lipinski definition) is 1. The second-order valence-electron chi connectivity index (χ2n) is 8.91. The van der Waals surface area contributed by atoms with E-state index < -0.39 is 11.4 Å². The van der Waals surface area contributed by atoms with Crippen LogP contribution in [0.3, 0.4) is 0 Å². The molecule has 2 aromatic carbocycles. The van der Waals surface area contributed by atoms with Gasteiger partial charge < -0.3 is 15.1 Å². The van der Waals surface area contributed by atoms with Crippen LogP contribution in [-0.4, -0.2) is 59.2 Å². The van der Waals surface area contributed by atoms with Crippen molar-refractivity contribution in [1.82, 2.24) is 15.1 Å². The highest BCUT2D eigenvalue weighted by atomic mass is 35.5. The molecule has 2 amide bonds. The largest absolute Gasteiger partial charge is 0.342 e. The predicted octanol–water partition coefficient (Wildman–Crippen LogP) is 4.63. The molecule has 0 spiro atoms. The van der Waals surface area contributed by atoms with E-state index in [4.69, 9.17) is 23.2 Å².